The molecule has 2 aromatic rings. The third-order valence-electron chi connectivity index (χ3n) is 4.42. The van der Waals surface area contributed by atoms with Crippen molar-refractivity contribution in [1.82, 2.24) is 0 Å². The molecule has 0 aromatic heterocycles. The summed E-state index contributed by atoms with van der Waals surface area (Å²) in [6.07, 6.45) is -2.52. The molecular formula is C18H20O6. The molecule has 6 nitrogen and oxygen atoms in total. The number of hydrogen-bond donors (Lipinski definition) is 2. The predicted molar refractivity (Wildman–Crippen MR) is 87.5 cm³/mol. The van der Waals surface area contributed by atoms with E-state index < -0.39 is 23.8 Å². The molecule has 0 saturated carbocycles. The molecule has 2 aromatic carbocycles. The lowest BCUT2D eigenvalue weighted by molar-refractivity contribution is -0.111. The molecule has 24 heavy (non-hydrogen) atoms. The van der Waals surface area contributed by atoms with Gasteiger partial charge in [0.15, 0.2) is 0 Å². The Kier molecular flexibility index (Phi) is 3.89. The van der Waals surface area contributed by atoms with E-state index in [2.05, 4.69) is 0 Å². The van der Waals surface area contributed by atoms with E-state index in [1.807, 2.05) is 18.2 Å². The van der Waals surface area contributed by atoms with Crippen molar-refractivity contribution < 1.29 is 29.2 Å². The molecular weight excluding hydrogens is 312 g/mol. The first-order valence-corrected chi connectivity index (χ1v) is 7.59. The average molecular weight is 332 g/mol. The Bertz CT molecular complexity index is 811. The number of carbonyl (C=O) groups is 1. The first kappa shape index (κ1) is 16.5. The van der Waals surface area contributed by atoms with Crippen LogP contribution < -0.4 is 9.47 Å². The van der Waals surface area contributed by atoms with E-state index in [1.165, 1.54) is 14.2 Å². The van der Waals surface area contributed by atoms with Crippen LogP contribution in [0.5, 0.6) is 11.5 Å². The molecule has 0 aliphatic carbocycles. The third-order valence-corrected chi connectivity index (χ3v) is 4.42. The first-order chi connectivity index (χ1) is 11.3. The summed E-state index contributed by atoms with van der Waals surface area (Å²) in [5.74, 6) is -0.0243. The Morgan fingerprint density at radius 1 is 1.17 bits per heavy atom. The SMILES string of the molecule is COC(=O)c1c2c(c3ccccc3c1OC)OC(C)(C)[C@@H](O)[C@H]2O. The lowest BCUT2D eigenvalue weighted by Gasteiger charge is -2.41. The van der Waals surface area contributed by atoms with Crippen molar-refractivity contribution in [2.75, 3.05) is 14.2 Å². The molecule has 0 unspecified atom stereocenters. The fraction of sp³-hybridized carbons (Fsp3) is 0.389. The van der Waals surface area contributed by atoms with E-state index in [0.717, 1.165) is 0 Å². The maximum atomic E-state index is 12.4. The van der Waals surface area contributed by atoms with Gasteiger partial charge in [0.2, 0.25) is 0 Å². The zero-order valence-electron chi connectivity index (χ0n) is 14.0. The second-order valence-corrected chi connectivity index (χ2v) is 6.28. The number of aliphatic hydroxyl groups is 2. The van der Waals surface area contributed by atoms with E-state index >= 15 is 0 Å². The summed E-state index contributed by atoms with van der Waals surface area (Å²) in [6, 6.07) is 7.26. The molecule has 0 fully saturated rings. The number of rotatable bonds is 2. The van der Waals surface area contributed by atoms with Crippen molar-refractivity contribution in [3.8, 4) is 11.5 Å². The molecule has 2 atom stereocenters. The van der Waals surface area contributed by atoms with E-state index in [9.17, 15) is 15.0 Å². The quantitative estimate of drug-likeness (QED) is 0.820. The standard InChI is InChI=1S/C18H20O6/c1-18(2)16(20)13(19)11-12(17(21)23-4)14(22-3)9-7-5-6-8-10(9)15(11)24-18/h5-8,13,16,19-20H,1-4H3/t13-,16-/m0/s1. The number of carbonyl (C=O) groups excluding carboxylic acids is 1. The largest absolute Gasteiger partial charge is 0.495 e. The summed E-state index contributed by atoms with van der Waals surface area (Å²) < 4.78 is 16.3. The Labute approximate surface area is 139 Å². The van der Waals surface area contributed by atoms with Crippen LogP contribution in [0.2, 0.25) is 0 Å². The molecule has 0 amide bonds. The Hall–Kier alpha value is -2.31. The number of methoxy groups -OCH3 is 2. The summed E-state index contributed by atoms with van der Waals surface area (Å²) in [4.78, 5) is 12.4. The Balaban J connectivity index is 2.48. The van der Waals surface area contributed by atoms with Gasteiger partial charge in [-0.05, 0) is 13.8 Å². The van der Waals surface area contributed by atoms with Crippen LogP contribution in [0, 0.1) is 0 Å². The van der Waals surface area contributed by atoms with Gasteiger partial charge in [-0.1, -0.05) is 24.3 Å². The molecule has 2 N–H and O–H groups in total. The predicted octanol–water partition coefficient (Wildman–Crippen LogP) is 2.20. The van der Waals surface area contributed by atoms with Gasteiger partial charge in [0.1, 0.15) is 34.9 Å². The number of fused-ring (bicyclic) bond motifs is 3. The molecule has 0 spiro atoms. The van der Waals surface area contributed by atoms with Crippen LogP contribution in [0.1, 0.15) is 35.9 Å². The maximum absolute atomic E-state index is 12.4. The number of esters is 1. The van der Waals surface area contributed by atoms with Gasteiger partial charge >= 0.3 is 5.97 Å². The molecule has 0 bridgehead atoms. The van der Waals surface area contributed by atoms with Gasteiger partial charge in [-0.15, -0.1) is 0 Å². The van der Waals surface area contributed by atoms with Gasteiger partial charge in [0, 0.05) is 16.3 Å². The van der Waals surface area contributed by atoms with Crippen molar-refractivity contribution in [2.45, 2.75) is 31.7 Å². The zero-order chi connectivity index (χ0) is 17.6. The highest BCUT2D eigenvalue weighted by molar-refractivity contribution is 6.06. The fourth-order valence-corrected chi connectivity index (χ4v) is 3.17. The monoisotopic (exact) mass is 332 g/mol. The molecule has 3 rings (SSSR count). The van der Waals surface area contributed by atoms with E-state index in [4.69, 9.17) is 14.2 Å². The smallest absolute Gasteiger partial charge is 0.342 e. The van der Waals surface area contributed by atoms with Crippen molar-refractivity contribution in [3.05, 3.63) is 35.4 Å². The van der Waals surface area contributed by atoms with Gasteiger partial charge in [-0.25, -0.2) is 4.79 Å². The zero-order valence-corrected chi connectivity index (χ0v) is 14.0. The molecule has 1 heterocycles. The lowest BCUT2D eigenvalue weighted by Crippen LogP contribution is -2.49. The minimum atomic E-state index is -1.31. The summed E-state index contributed by atoms with van der Waals surface area (Å²) in [7, 11) is 2.69. The Morgan fingerprint density at radius 3 is 2.38 bits per heavy atom. The fourth-order valence-electron chi connectivity index (χ4n) is 3.17. The van der Waals surface area contributed by atoms with Crippen LogP contribution in [0.25, 0.3) is 10.8 Å². The van der Waals surface area contributed by atoms with E-state index in [-0.39, 0.29) is 16.9 Å². The minimum Gasteiger partial charge on any atom is -0.495 e. The van der Waals surface area contributed by atoms with Crippen LogP contribution in [0.3, 0.4) is 0 Å². The Morgan fingerprint density at radius 2 is 1.79 bits per heavy atom. The van der Waals surface area contributed by atoms with Crippen LogP contribution >= 0.6 is 0 Å². The summed E-state index contributed by atoms with van der Waals surface area (Å²) in [5, 5.41) is 22.4. The molecule has 0 radical (unpaired) electrons. The van der Waals surface area contributed by atoms with Crippen LogP contribution in [-0.2, 0) is 4.74 Å². The second kappa shape index (κ2) is 5.65. The average Bonchev–Trinajstić information content (AvgIpc) is 2.58. The highest BCUT2D eigenvalue weighted by Crippen LogP contribution is 2.49. The van der Waals surface area contributed by atoms with Crippen LogP contribution in [0.15, 0.2) is 24.3 Å². The summed E-state index contributed by atoms with van der Waals surface area (Å²) >= 11 is 0. The van der Waals surface area contributed by atoms with E-state index in [0.29, 0.717) is 16.5 Å². The number of ether oxygens (including phenoxy) is 3. The van der Waals surface area contributed by atoms with Crippen molar-refractivity contribution >= 4 is 16.7 Å². The molecule has 1 aliphatic rings. The van der Waals surface area contributed by atoms with Crippen molar-refractivity contribution in [2.24, 2.45) is 0 Å². The molecule has 1 aliphatic heterocycles. The third kappa shape index (κ3) is 2.22. The summed E-state index contributed by atoms with van der Waals surface area (Å²) in [5.41, 5.74) is -0.767. The van der Waals surface area contributed by atoms with E-state index in [1.54, 1.807) is 19.9 Å². The lowest BCUT2D eigenvalue weighted by atomic mass is 9.84. The van der Waals surface area contributed by atoms with Crippen molar-refractivity contribution in [3.63, 3.8) is 0 Å². The van der Waals surface area contributed by atoms with Crippen LogP contribution in [-0.4, -0.2) is 42.1 Å². The van der Waals surface area contributed by atoms with Gasteiger partial charge in [0.05, 0.1) is 14.2 Å². The highest BCUT2D eigenvalue weighted by Gasteiger charge is 2.46. The number of hydrogen-bond acceptors (Lipinski definition) is 6. The minimum absolute atomic E-state index is 0.0655. The molecule has 128 valence electrons. The van der Waals surface area contributed by atoms with Crippen LogP contribution in [0.4, 0.5) is 0 Å². The van der Waals surface area contributed by atoms with Gasteiger partial charge in [-0.2, -0.15) is 0 Å². The molecule has 0 saturated heterocycles. The first-order valence-electron chi connectivity index (χ1n) is 7.59. The number of benzene rings is 2. The molecule has 6 heteroatoms. The topological polar surface area (TPSA) is 85.2 Å². The maximum Gasteiger partial charge on any atom is 0.342 e. The summed E-state index contributed by atoms with van der Waals surface area (Å²) in [6.45, 7) is 3.36. The highest BCUT2D eigenvalue weighted by atomic mass is 16.5. The van der Waals surface area contributed by atoms with Gasteiger partial charge in [-0.3, -0.25) is 0 Å². The van der Waals surface area contributed by atoms with Gasteiger partial charge < -0.3 is 24.4 Å². The second-order valence-electron chi connectivity index (χ2n) is 6.28. The van der Waals surface area contributed by atoms with Gasteiger partial charge in [0.25, 0.3) is 0 Å². The normalized spacial score (nSPS) is 21.8. The number of aliphatic hydroxyl groups excluding tert-OH is 2. The van der Waals surface area contributed by atoms with Crippen molar-refractivity contribution in [1.29, 1.82) is 0 Å².